The van der Waals surface area contributed by atoms with Crippen LogP contribution in [0.4, 0.5) is 0 Å². The standard InChI is InChI=1S/C25H34O2/c1-7-25(16-19(25)9-8-17(2)14-22(26)27)18-10-11-20-21(15-18)24(5,6)13-12-23(20,3)4/h8-11,14-15,19H,7,12-13,16H2,1-6H3,(H,26,27)/t19-,25-/m1/s1. The molecule has 1 fully saturated rings. The topological polar surface area (TPSA) is 37.3 Å². The average Bonchev–Trinajstić information content (AvgIpc) is 3.31. The molecule has 0 spiro atoms. The third-order valence-corrected chi connectivity index (χ3v) is 7.14. The van der Waals surface area contributed by atoms with Gasteiger partial charge in [0.2, 0.25) is 0 Å². The molecule has 0 amide bonds. The summed E-state index contributed by atoms with van der Waals surface area (Å²) in [6, 6.07) is 7.24. The number of allylic oxidation sites excluding steroid dienone is 3. The van der Waals surface area contributed by atoms with Gasteiger partial charge in [-0.05, 0) is 71.6 Å². The van der Waals surface area contributed by atoms with Gasteiger partial charge in [-0.3, -0.25) is 0 Å². The van der Waals surface area contributed by atoms with E-state index in [4.69, 9.17) is 5.11 Å². The molecule has 1 aromatic rings. The Morgan fingerprint density at radius 3 is 2.37 bits per heavy atom. The highest BCUT2D eigenvalue weighted by atomic mass is 16.4. The van der Waals surface area contributed by atoms with Gasteiger partial charge in [0.05, 0.1) is 0 Å². The number of fused-ring (bicyclic) bond motifs is 1. The van der Waals surface area contributed by atoms with Crippen LogP contribution in [0.2, 0.25) is 0 Å². The van der Waals surface area contributed by atoms with Crippen LogP contribution in [0.5, 0.6) is 0 Å². The number of hydrogen-bond acceptors (Lipinski definition) is 1. The second-order valence-corrected chi connectivity index (χ2v) is 9.93. The fraction of sp³-hybridized carbons (Fsp3) is 0.560. The van der Waals surface area contributed by atoms with Crippen LogP contribution in [0.25, 0.3) is 0 Å². The van der Waals surface area contributed by atoms with Crippen LogP contribution in [-0.2, 0) is 21.0 Å². The highest BCUT2D eigenvalue weighted by Crippen LogP contribution is 2.59. The first-order valence-electron chi connectivity index (χ1n) is 10.3. The maximum Gasteiger partial charge on any atom is 0.328 e. The second kappa shape index (κ2) is 6.65. The molecule has 1 N–H and O–H groups in total. The summed E-state index contributed by atoms with van der Waals surface area (Å²) in [7, 11) is 0. The zero-order valence-electron chi connectivity index (χ0n) is 17.7. The minimum Gasteiger partial charge on any atom is -0.478 e. The average molecular weight is 367 g/mol. The number of benzene rings is 1. The van der Waals surface area contributed by atoms with Crippen LogP contribution >= 0.6 is 0 Å². The van der Waals surface area contributed by atoms with Crippen molar-refractivity contribution in [3.63, 3.8) is 0 Å². The number of carboxylic acid groups (broad SMARTS) is 1. The SMILES string of the molecule is CC[C@]1(c2ccc3c(c2)C(C)(C)CCC3(C)C)C[C@H]1C=CC(C)=CC(=O)O. The molecule has 0 heterocycles. The van der Waals surface area contributed by atoms with E-state index in [2.05, 4.69) is 58.9 Å². The van der Waals surface area contributed by atoms with E-state index in [0.29, 0.717) is 5.92 Å². The summed E-state index contributed by atoms with van der Waals surface area (Å²) in [5.41, 5.74) is 6.01. The molecule has 0 aliphatic heterocycles. The summed E-state index contributed by atoms with van der Waals surface area (Å²) in [6.07, 6.45) is 10.2. The largest absolute Gasteiger partial charge is 0.478 e. The molecule has 2 heteroatoms. The molecule has 0 saturated heterocycles. The Balaban J connectivity index is 1.93. The minimum absolute atomic E-state index is 0.215. The van der Waals surface area contributed by atoms with E-state index in [9.17, 15) is 4.79 Å². The van der Waals surface area contributed by atoms with Gasteiger partial charge in [0, 0.05) is 11.5 Å². The summed E-state index contributed by atoms with van der Waals surface area (Å²) in [5, 5.41) is 8.89. The van der Waals surface area contributed by atoms with Crippen molar-refractivity contribution in [2.24, 2.45) is 5.92 Å². The molecule has 0 bridgehead atoms. The third-order valence-electron chi connectivity index (χ3n) is 7.14. The van der Waals surface area contributed by atoms with E-state index in [1.165, 1.54) is 35.6 Å². The van der Waals surface area contributed by atoms with Crippen LogP contribution in [0.15, 0.2) is 42.0 Å². The lowest BCUT2D eigenvalue weighted by Gasteiger charge is -2.42. The normalized spacial score (nSPS) is 28.8. The molecule has 146 valence electrons. The van der Waals surface area contributed by atoms with Crippen molar-refractivity contribution in [1.29, 1.82) is 0 Å². The molecule has 1 saturated carbocycles. The zero-order chi connectivity index (χ0) is 20.0. The molecule has 0 radical (unpaired) electrons. The second-order valence-electron chi connectivity index (χ2n) is 9.93. The Labute approximate surface area is 164 Å². The summed E-state index contributed by atoms with van der Waals surface area (Å²) in [4.78, 5) is 10.8. The Hall–Kier alpha value is -1.83. The predicted octanol–water partition coefficient (Wildman–Crippen LogP) is 6.29. The molecule has 27 heavy (non-hydrogen) atoms. The van der Waals surface area contributed by atoms with Gasteiger partial charge < -0.3 is 5.11 Å². The Morgan fingerprint density at radius 1 is 1.15 bits per heavy atom. The monoisotopic (exact) mass is 366 g/mol. The maximum atomic E-state index is 10.8. The van der Waals surface area contributed by atoms with Gasteiger partial charge in [0.1, 0.15) is 0 Å². The van der Waals surface area contributed by atoms with Crippen LogP contribution in [-0.4, -0.2) is 11.1 Å². The molecular formula is C25H34O2. The molecule has 2 nitrogen and oxygen atoms in total. The fourth-order valence-corrected chi connectivity index (χ4v) is 4.94. The van der Waals surface area contributed by atoms with Crippen molar-refractivity contribution in [1.82, 2.24) is 0 Å². The molecule has 2 aliphatic carbocycles. The zero-order valence-corrected chi connectivity index (χ0v) is 17.7. The first-order valence-corrected chi connectivity index (χ1v) is 10.3. The van der Waals surface area contributed by atoms with Gasteiger partial charge in [0.25, 0.3) is 0 Å². The molecule has 0 aromatic heterocycles. The predicted molar refractivity (Wildman–Crippen MR) is 112 cm³/mol. The van der Waals surface area contributed by atoms with Gasteiger partial charge in [-0.15, -0.1) is 0 Å². The lowest BCUT2D eigenvalue weighted by atomic mass is 9.62. The highest BCUT2D eigenvalue weighted by molar-refractivity contribution is 5.81. The molecule has 1 aromatic carbocycles. The number of carboxylic acids is 1. The lowest BCUT2D eigenvalue weighted by molar-refractivity contribution is -0.131. The van der Waals surface area contributed by atoms with Crippen molar-refractivity contribution < 1.29 is 9.90 Å². The Kier molecular flexibility index (Phi) is 4.91. The van der Waals surface area contributed by atoms with Crippen molar-refractivity contribution in [3.05, 3.63) is 58.7 Å². The Morgan fingerprint density at radius 2 is 1.78 bits per heavy atom. The van der Waals surface area contributed by atoms with Crippen molar-refractivity contribution in [3.8, 4) is 0 Å². The minimum atomic E-state index is -0.880. The highest BCUT2D eigenvalue weighted by Gasteiger charge is 2.52. The summed E-state index contributed by atoms with van der Waals surface area (Å²) >= 11 is 0. The summed E-state index contributed by atoms with van der Waals surface area (Å²) in [5.74, 6) is -0.383. The molecule has 2 atom stereocenters. The quantitative estimate of drug-likeness (QED) is 0.491. The van der Waals surface area contributed by atoms with Gasteiger partial charge in [0.15, 0.2) is 0 Å². The van der Waals surface area contributed by atoms with E-state index in [1.807, 2.05) is 13.0 Å². The van der Waals surface area contributed by atoms with E-state index in [0.717, 1.165) is 18.4 Å². The third kappa shape index (κ3) is 3.63. The molecule has 0 unspecified atom stereocenters. The molecular weight excluding hydrogens is 332 g/mol. The van der Waals surface area contributed by atoms with Gasteiger partial charge in [-0.25, -0.2) is 4.79 Å². The van der Waals surface area contributed by atoms with Gasteiger partial charge in [-0.2, -0.15) is 0 Å². The smallest absolute Gasteiger partial charge is 0.328 e. The van der Waals surface area contributed by atoms with Crippen molar-refractivity contribution >= 4 is 5.97 Å². The molecule has 2 aliphatic rings. The van der Waals surface area contributed by atoms with Crippen LogP contribution in [0.3, 0.4) is 0 Å². The van der Waals surface area contributed by atoms with Crippen molar-refractivity contribution in [2.75, 3.05) is 0 Å². The fourth-order valence-electron chi connectivity index (χ4n) is 4.94. The number of carbonyl (C=O) groups is 1. The summed E-state index contributed by atoms with van der Waals surface area (Å²) in [6.45, 7) is 13.6. The van der Waals surface area contributed by atoms with Crippen LogP contribution in [0.1, 0.15) is 83.9 Å². The maximum absolute atomic E-state index is 10.8. The number of rotatable bonds is 5. The van der Waals surface area contributed by atoms with Crippen molar-refractivity contribution in [2.45, 2.75) is 83.5 Å². The van der Waals surface area contributed by atoms with E-state index < -0.39 is 5.97 Å². The van der Waals surface area contributed by atoms with Gasteiger partial charge in [-0.1, -0.05) is 65.0 Å². The van der Waals surface area contributed by atoms with Crippen LogP contribution < -0.4 is 0 Å². The van der Waals surface area contributed by atoms with Gasteiger partial charge >= 0.3 is 5.97 Å². The first-order chi connectivity index (χ1) is 12.5. The van der Waals surface area contributed by atoms with E-state index in [1.54, 1.807) is 0 Å². The van der Waals surface area contributed by atoms with E-state index in [-0.39, 0.29) is 16.2 Å². The summed E-state index contributed by atoms with van der Waals surface area (Å²) < 4.78 is 0. The lowest BCUT2D eigenvalue weighted by Crippen LogP contribution is -2.34. The molecule has 3 rings (SSSR count). The Bertz CT molecular complexity index is 810. The first kappa shape index (κ1) is 19.9. The van der Waals surface area contributed by atoms with E-state index >= 15 is 0 Å². The van der Waals surface area contributed by atoms with Crippen LogP contribution in [0, 0.1) is 5.92 Å². The number of aliphatic carboxylic acids is 1. The number of hydrogen-bond donors (Lipinski definition) is 1.